The van der Waals surface area contributed by atoms with Crippen LogP contribution in [-0.2, 0) is 18.3 Å². The summed E-state index contributed by atoms with van der Waals surface area (Å²) in [6, 6.07) is 0. The molecule has 28 heavy (non-hydrogen) atoms. The van der Waals surface area contributed by atoms with Gasteiger partial charge < -0.3 is 24.8 Å². The zero-order valence-corrected chi connectivity index (χ0v) is 27.3. The van der Waals surface area contributed by atoms with Crippen molar-refractivity contribution in [1.82, 2.24) is 0 Å². The molecule has 2 rings (SSSR count). The van der Waals surface area contributed by atoms with Gasteiger partial charge in [-0.15, -0.1) is 0 Å². The molecule has 0 aromatic heterocycles. The third kappa shape index (κ3) is 5.60. The van der Waals surface area contributed by atoms with Gasteiger partial charge in [0.05, 0.1) is 0 Å². The molecule has 0 saturated carbocycles. The smallest absolute Gasteiger partial charge is 1.00 e. The van der Waals surface area contributed by atoms with Gasteiger partial charge in [0.2, 0.25) is 0 Å². The van der Waals surface area contributed by atoms with Crippen molar-refractivity contribution in [2.24, 2.45) is 22.7 Å². The molecular weight excluding hydrogens is 610 g/mol. The van der Waals surface area contributed by atoms with Crippen molar-refractivity contribution in [3.8, 4) is 0 Å². The number of hydrogen-bond donors (Lipinski definition) is 0. The van der Waals surface area contributed by atoms with E-state index < -0.39 is 28.4 Å². The standard InChI is InChI=1S/2C11H17.C2H6Ge.2ClH.Hf/c2*1-8-6-9(2)10(7-8)11(3,4)5;1-3-2;;;/h2*7-8H,1-5H3;1-2H3;2*1H;/q;;;;;+2/p-2. The monoisotopic (exact) mass is 652 g/mol. The molecule has 0 fully saturated rings. The average molecular weight is 651 g/mol. The molecular formula is C24H40Cl2GeHf. The van der Waals surface area contributed by atoms with Crippen LogP contribution in [0.4, 0.5) is 0 Å². The van der Waals surface area contributed by atoms with Crippen LogP contribution in [0.5, 0.6) is 0 Å². The van der Waals surface area contributed by atoms with E-state index >= 15 is 0 Å². The first-order valence-corrected chi connectivity index (χ1v) is 28.4. The van der Waals surface area contributed by atoms with E-state index in [2.05, 4.69) is 92.9 Å². The average Bonchev–Trinajstić information content (AvgIpc) is 2.90. The topological polar surface area (TPSA) is 0 Å². The van der Waals surface area contributed by atoms with Gasteiger partial charge in [0, 0.05) is 0 Å². The number of halogens is 2. The Labute approximate surface area is 196 Å². The molecule has 0 aromatic rings. The Morgan fingerprint density at radius 2 is 1.00 bits per heavy atom. The Balaban J connectivity index is 0.00000364. The van der Waals surface area contributed by atoms with E-state index in [4.69, 9.17) is 0 Å². The molecule has 2 aliphatic carbocycles. The van der Waals surface area contributed by atoms with Gasteiger partial charge in [-0.25, -0.2) is 0 Å². The Morgan fingerprint density at radius 3 is 1.18 bits per heavy atom. The van der Waals surface area contributed by atoms with Gasteiger partial charge in [0.25, 0.3) is 0 Å². The van der Waals surface area contributed by atoms with Crippen molar-refractivity contribution in [2.75, 3.05) is 0 Å². The van der Waals surface area contributed by atoms with E-state index in [1.54, 1.807) is 22.3 Å². The minimum atomic E-state index is -1.98. The van der Waals surface area contributed by atoms with Crippen LogP contribution >= 0.6 is 0 Å². The van der Waals surface area contributed by atoms with E-state index in [0.29, 0.717) is 11.8 Å². The summed E-state index contributed by atoms with van der Waals surface area (Å²) in [5, 5.41) is 0. The number of rotatable bonds is 2. The van der Waals surface area contributed by atoms with Crippen LogP contribution in [0, 0.1) is 22.7 Å². The second-order valence-corrected chi connectivity index (χ2v) is 48.7. The molecule has 2 unspecified atom stereocenters. The number of allylic oxidation sites excluding steroid dienone is 8. The van der Waals surface area contributed by atoms with Gasteiger partial charge >= 0.3 is 173 Å². The first-order valence-electron chi connectivity index (χ1n) is 10.2. The zero-order chi connectivity index (χ0) is 20.2. The van der Waals surface area contributed by atoms with Gasteiger partial charge in [-0.3, -0.25) is 0 Å². The predicted octanol–water partition coefficient (Wildman–Crippen LogP) is 1.66. The Hall–Kier alpha value is 0.953. The van der Waals surface area contributed by atoms with Crippen LogP contribution in [-0.4, -0.2) is 10.1 Å². The van der Waals surface area contributed by atoms with E-state index in [9.17, 15) is 0 Å². The normalized spacial score (nSPS) is 22.2. The van der Waals surface area contributed by atoms with Gasteiger partial charge in [-0.05, 0) is 0 Å². The van der Waals surface area contributed by atoms with Crippen molar-refractivity contribution in [2.45, 2.75) is 80.7 Å². The van der Waals surface area contributed by atoms with Crippen LogP contribution in [0.1, 0.15) is 69.2 Å². The van der Waals surface area contributed by atoms with Crippen molar-refractivity contribution in [3.05, 3.63) is 41.1 Å². The van der Waals surface area contributed by atoms with Crippen LogP contribution < -0.4 is 24.8 Å². The fourth-order valence-corrected chi connectivity index (χ4v) is 50.2. The Bertz CT molecular complexity index is 716. The first kappa shape index (κ1) is 29.0. The fourth-order valence-electron chi connectivity index (χ4n) is 5.03. The third-order valence-electron chi connectivity index (χ3n) is 6.01. The van der Waals surface area contributed by atoms with E-state index in [-0.39, 0.29) is 35.6 Å². The third-order valence-corrected chi connectivity index (χ3v) is 45.9. The Kier molecular flexibility index (Phi) is 10.4. The second kappa shape index (κ2) is 10.0. The van der Waals surface area contributed by atoms with Crippen LogP contribution in [0.3, 0.4) is 0 Å². The van der Waals surface area contributed by atoms with Gasteiger partial charge in [0.15, 0.2) is 0 Å². The molecule has 0 aromatic carbocycles. The summed E-state index contributed by atoms with van der Waals surface area (Å²) in [6.45, 7) is 24.2. The summed E-state index contributed by atoms with van der Waals surface area (Å²) in [6.07, 6.45) is 5.23. The minimum absolute atomic E-state index is 0. The van der Waals surface area contributed by atoms with Crippen molar-refractivity contribution < 1.29 is 43.2 Å². The molecule has 2 aliphatic rings. The maximum absolute atomic E-state index is 2.67. The molecule has 4 heteroatoms. The zero-order valence-electron chi connectivity index (χ0n) is 20.1. The van der Waals surface area contributed by atoms with E-state index in [1.165, 1.54) is 0 Å². The molecule has 0 heterocycles. The summed E-state index contributed by atoms with van der Waals surface area (Å²) in [5.74, 6) is 6.71. The second-order valence-electron chi connectivity index (χ2n) is 10.7. The van der Waals surface area contributed by atoms with Crippen molar-refractivity contribution in [3.63, 3.8) is 0 Å². The molecule has 158 valence electrons. The van der Waals surface area contributed by atoms with Crippen LogP contribution in [0.2, 0.25) is 11.5 Å². The minimum Gasteiger partial charge on any atom is -1.00 e. The molecule has 0 N–H and O–H groups in total. The molecule has 0 bridgehead atoms. The summed E-state index contributed by atoms with van der Waals surface area (Å²) in [4.78, 5) is 0. The summed E-state index contributed by atoms with van der Waals surface area (Å²) >= 11 is -1.98. The van der Waals surface area contributed by atoms with Crippen LogP contribution in [0.25, 0.3) is 0 Å². The summed E-state index contributed by atoms with van der Waals surface area (Å²) < 4.78 is 3.93. The Morgan fingerprint density at radius 1 is 0.714 bits per heavy atom. The molecule has 2 atom stereocenters. The van der Waals surface area contributed by atoms with E-state index in [1.807, 2.05) is 6.66 Å². The first-order chi connectivity index (χ1) is 11.7. The predicted molar refractivity (Wildman–Crippen MR) is 116 cm³/mol. The van der Waals surface area contributed by atoms with Crippen LogP contribution in [0.15, 0.2) is 41.1 Å². The molecule has 0 spiro atoms. The van der Waals surface area contributed by atoms with Gasteiger partial charge in [0.1, 0.15) is 0 Å². The van der Waals surface area contributed by atoms with Gasteiger partial charge in [-0.2, -0.15) is 0 Å². The van der Waals surface area contributed by atoms with Gasteiger partial charge in [-0.1, -0.05) is 0 Å². The molecule has 0 amide bonds. The maximum Gasteiger partial charge on any atom is -1.00 e. The number of hydrogen-bond acceptors (Lipinski definition) is 0. The van der Waals surface area contributed by atoms with E-state index in [0.717, 1.165) is 0 Å². The molecule has 0 nitrogen and oxygen atoms in total. The SMILES string of the molecule is CC1=[C]([Hf+2]([C]2=C(C)C(C(C)(C)C)=CC2C)=[Ge]([CH3])[CH3])C(C)C=C1C(C)(C)C.[Cl-].[Cl-]. The molecule has 0 aliphatic heterocycles. The molecule has 0 radical (unpaired) electrons. The quantitative estimate of drug-likeness (QED) is 0.400. The maximum atomic E-state index is 2.67. The summed E-state index contributed by atoms with van der Waals surface area (Å²) in [5.41, 5.74) is 7.20. The largest absolute Gasteiger partial charge is 1.00 e. The molecule has 0 saturated heterocycles. The fraction of sp³-hybridized carbons (Fsp3) is 0.667. The van der Waals surface area contributed by atoms with Crippen molar-refractivity contribution in [1.29, 1.82) is 0 Å². The van der Waals surface area contributed by atoms with Crippen molar-refractivity contribution >= 4 is 10.1 Å². The summed E-state index contributed by atoms with van der Waals surface area (Å²) in [7, 11) is -0.980.